The highest BCUT2D eigenvalue weighted by molar-refractivity contribution is 9.10. The highest BCUT2D eigenvalue weighted by Gasteiger charge is 2.47. The van der Waals surface area contributed by atoms with E-state index in [1.165, 1.54) is 17.2 Å². The van der Waals surface area contributed by atoms with Gasteiger partial charge in [0, 0.05) is 30.6 Å². The first-order valence-corrected chi connectivity index (χ1v) is 10.4. The number of nitrogens with one attached hydrogen (secondary N) is 1. The Hall–Kier alpha value is -2.58. The lowest BCUT2D eigenvalue weighted by molar-refractivity contribution is -0.0301. The van der Waals surface area contributed by atoms with Crippen molar-refractivity contribution < 1.29 is 23.1 Å². The molecule has 4 heterocycles. The SMILES string of the molecule is C#C[C@]1(O)CCC(F)(F)c2c3c(nn2C1)C[C@@H](C)N(C(=O)Nc1ccnc(Br)c1F)C3. The van der Waals surface area contributed by atoms with Gasteiger partial charge in [-0.2, -0.15) is 13.9 Å². The molecule has 2 amide bonds. The molecule has 0 unspecified atom stereocenters. The lowest BCUT2D eigenvalue weighted by Crippen LogP contribution is -2.45. The van der Waals surface area contributed by atoms with Gasteiger partial charge in [-0.3, -0.25) is 4.68 Å². The summed E-state index contributed by atoms with van der Waals surface area (Å²) in [6.45, 7) is 1.37. The summed E-state index contributed by atoms with van der Waals surface area (Å²) in [5.74, 6) is -1.81. The molecule has 0 fully saturated rings. The number of aromatic nitrogens is 3. The minimum atomic E-state index is -3.27. The van der Waals surface area contributed by atoms with Gasteiger partial charge in [0.15, 0.2) is 5.82 Å². The van der Waals surface area contributed by atoms with E-state index < -0.39 is 29.8 Å². The number of nitrogens with zero attached hydrogens (tertiary/aromatic N) is 4. The largest absolute Gasteiger partial charge is 0.376 e. The Morgan fingerprint density at radius 2 is 2.19 bits per heavy atom. The van der Waals surface area contributed by atoms with E-state index in [2.05, 4.69) is 37.2 Å². The van der Waals surface area contributed by atoms with Crippen molar-refractivity contribution in [3.63, 3.8) is 0 Å². The third-order valence-corrected chi connectivity index (χ3v) is 6.26. The lowest BCUT2D eigenvalue weighted by Gasteiger charge is -2.33. The quantitative estimate of drug-likeness (QED) is 0.467. The number of carbonyl (C=O) groups is 1. The van der Waals surface area contributed by atoms with Crippen LogP contribution in [0.4, 0.5) is 23.7 Å². The van der Waals surface area contributed by atoms with Gasteiger partial charge < -0.3 is 15.3 Å². The van der Waals surface area contributed by atoms with E-state index in [1.807, 2.05) is 0 Å². The summed E-state index contributed by atoms with van der Waals surface area (Å²) in [5.41, 5.74) is -1.47. The monoisotopic (exact) mass is 497 g/mol. The van der Waals surface area contributed by atoms with Gasteiger partial charge in [-0.05, 0) is 35.3 Å². The number of terminal acetylenes is 1. The zero-order chi connectivity index (χ0) is 22.6. The first-order chi connectivity index (χ1) is 14.5. The molecule has 2 aromatic heterocycles. The van der Waals surface area contributed by atoms with E-state index in [0.717, 1.165) is 4.68 Å². The number of halogens is 4. The number of fused-ring (bicyclic) bond motifs is 3. The maximum absolute atomic E-state index is 15.0. The van der Waals surface area contributed by atoms with Crippen LogP contribution in [0.1, 0.15) is 36.7 Å². The van der Waals surface area contributed by atoms with E-state index >= 15 is 8.78 Å². The molecule has 164 valence electrons. The first-order valence-electron chi connectivity index (χ1n) is 9.59. The maximum atomic E-state index is 15.0. The standard InChI is InChI=1S/C20H19BrF3N5O2/c1-3-19(31)5-6-20(23,24)16-12-9-28(11(2)8-14(12)27-29(16)10-19)18(30)26-13-4-7-25-17(21)15(13)22/h1,4,7,11,31H,5-6,8-10H2,2H3,(H,25,26,30)/t11-,19+/m1/s1. The molecular formula is C20H19BrF3N5O2. The number of carbonyl (C=O) groups excluding carboxylic acids is 1. The predicted molar refractivity (Wildman–Crippen MR) is 109 cm³/mol. The summed E-state index contributed by atoms with van der Waals surface area (Å²) in [7, 11) is 0. The van der Waals surface area contributed by atoms with E-state index in [0.29, 0.717) is 5.69 Å². The number of alkyl halides is 2. The number of pyridine rings is 1. The van der Waals surface area contributed by atoms with Gasteiger partial charge >= 0.3 is 6.03 Å². The molecular weight excluding hydrogens is 479 g/mol. The summed E-state index contributed by atoms with van der Waals surface area (Å²) in [6.07, 6.45) is 6.02. The van der Waals surface area contributed by atoms with Crippen LogP contribution in [0.5, 0.6) is 0 Å². The fourth-order valence-electron chi connectivity index (χ4n) is 4.02. The molecule has 7 nitrogen and oxygen atoms in total. The minimum Gasteiger partial charge on any atom is -0.376 e. The van der Waals surface area contributed by atoms with Crippen LogP contribution in [0, 0.1) is 18.2 Å². The van der Waals surface area contributed by atoms with Crippen LogP contribution in [0.2, 0.25) is 0 Å². The molecule has 11 heteroatoms. The Kier molecular flexibility index (Phi) is 5.26. The Morgan fingerprint density at radius 1 is 1.45 bits per heavy atom. The normalized spacial score (nSPS) is 24.5. The van der Waals surface area contributed by atoms with Gasteiger partial charge in [0.2, 0.25) is 0 Å². The number of aliphatic hydroxyl groups is 1. The van der Waals surface area contributed by atoms with Crippen LogP contribution < -0.4 is 5.32 Å². The van der Waals surface area contributed by atoms with Crippen LogP contribution in [0.3, 0.4) is 0 Å². The molecule has 0 aromatic carbocycles. The van der Waals surface area contributed by atoms with E-state index in [1.54, 1.807) is 6.92 Å². The molecule has 2 atom stereocenters. The van der Waals surface area contributed by atoms with Gasteiger partial charge in [-0.15, -0.1) is 6.42 Å². The van der Waals surface area contributed by atoms with E-state index in [4.69, 9.17) is 6.42 Å². The van der Waals surface area contributed by atoms with Crippen LogP contribution in [0.25, 0.3) is 0 Å². The highest BCUT2D eigenvalue weighted by Crippen LogP contribution is 2.43. The van der Waals surface area contributed by atoms with Crippen molar-refractivity contribution in [1.29, 1.82) is 0 Å². The number of urea groups is 1. The molecule has 2 aliphatic rings. The van der Waals surface area contributed by atoms with Crippen molar-refractivity contribution >= 4 is 27.6 Å². The molecule has 31 heavy (non-hydrogen) atoms. The van der Waals surface area contributed by atoms with Crippen molar-refractivity contribution in [2.24, 2.45) is 0 Å². The molecule has 2 aliphatic heterocycles. The fraction of sp³-hybridized carbons (Fsp3) is 0.450. The number of hydrogen-bond donors (Lipinski definition) is 2. The molecule has 0 spiro atoms. The smallest absolute Gasteiger partial charge is 0.322 e. The van der Waals surface area contributed by atoms with Gasteiger partial charge in [-0.1, -0.05) is 5.92 Å². The van der Waals surface area contributed by atoms with Crippen molar-refractivity contribution in [3.8, 4) is 12.3 Å². The number of anilines is 1. The topological polar surface area (TPSA) is 83.3 Å². The van der Waals surface area contributed by atoms with E-state index in [9.17, 15) is 14.3 Å². The second-order valence-corrected chi connectivity index (χ2v) is 8.64. The van der Waals surface area contributed by atoms with Crippen molar-refractivity contribution in [1.82, 2.24) is 19.7 Å². The van der Waals surface area contributed by atoms with Crippen LogP contribution in [0.15, 0.2) is 16.9 Å². The Labute approximate surface area is 184 Å². The number of amides is 2. The third-order valence-electron chi connectivity index (χ3n) is 5.71. The lowest BCUT2D eigenvalue weighted by atomic mass is 9.94. The first kappa shape index (κ1) is 21.6. The van der Waals surface area contributed by atoms with Gasteiger partial charge in [-0.25, -0.2) is 14.2 Å². The van der Waals surface area contributed by atoms with Crippen molar-refractivity contribution in [2.75, 3.05) is 5.32 Å². The fourth-order valence-corrected chi connectivity index (χ4v) is 4.35. The summed E-state index contributed by atoms with van der Waals surface area (Å²) in [5, 5.41) is 17.2. The molecule has 0 bridgehead atoms. The minimum absolute atomic E-state index is 0.0538. The Balaban J connectivity index is 1.67. The summed E-state index contributed by atoms with van der Waals surface area (Å²) >= 11 is 2.96. The van der Waals surface area contributed by atoms with Crippen LogP contribution in [-0.2, 0) is 25.4 Å². The third kappa shape index (κ3) is 3.78. The van der Waals surface area contributed by atoms with Gasteiger partial charge in [0.25, 0.3) is 5.92 Å². The molecule has 2 aromatic rings. The average molecular weight is 498 g/mol. The molecule has 0 saturated heterocycles. The highest BCUT2D eigenvalue weighted by atomic mass is 79.9. The van der Waals surface area contributed by atoms with Crippen molar-refractivity contribution in [3.05, 3.63) is 39.6 Å². The van der Waals surface area contributed by atoms with Gasteiger partial charge in [0.1, 0.15) is 15.9 Å². The number of rotatable bonds is 1. The van der Waals surface area contributed by atoms with Gasteiger partial charge in [0.05, 0.1) is 24.5 Å². The Morgan fingerprint density at radius 3 is 2.90 bits per heavy atom. The number of hydrogen-bond acceptors (Lipinski definition) is 4. The maximum Gasteiger partial charge on any atom is 0.322 e. The van der Waals surface area contributed by atoms with Crippen LogP contribution in [-0.4, -0.2) is 42.4 Å². The zero-order valence-electron chi connectivity index (χ0n) is 16.5. The second-order valence-electron chi connectivity index (χ2n) is 7.89. The molecule has 4 rings (SSSR count). The summed E-state index contributed by atoms with van der Waals surface area (Å²) in [4.78, 5) is 17.9. The van der Waals surface area contributed by atoms with Crippen LogP contribution >= 0.6 is 15.9 Å². The Bertz CT molecular complexity index is 1100. The average Bonchev–Trinajstić information content (AvgIpc) is 3.01. The zero-order valence-corrected chi connectivity index (χ0v) is 18.1. The molecule has 0 aliphatic carbocycles. The summed E-state index contributed by atoms with van der Waals surface area (Å²) < 4.78 is 45.2. The second kappa shape index (κ2) is 7.53. The van der Waals surface area contributed by atoms with E-state index in [-0.39, 0.29) is 53.5 Å². The van der Waals surface area contributed by atoms with Crippen molar-refractivity contribution in [2.45, 2.75) is 56.8 Å². The molecule has 2 N–H and O–H groups in total. The summed E-state index contributed by atoms with van der Waals surface area (Å²) in [6, 6.07) is 0.297. The molecule has 0 radical (unpaired) electrons. The predicted octanol–water partition coefficient (Wildman–Crippen LogP) is 3.41. The molecule has 0 saturated carbocycles.